The lowest BCUT2D eigenvalue weighted by Crippen LogP contribution is -2.32. The summed E-state index contributed by atoms with van der Waals surface area (Å²) in [6, 6.07) is 6.01. The Morgan fingerprint density at radius 3 is 2.00 bits per heavy atom. The van der Waals surface area contributed by atoms with Gasteiger partial charge in [-0.15, -0.1) is 0 Å². The molecule has 16 heavy (non-hydrogen) atoms. The van der Waals surface area contributed by atoms with Gasteiger partial charge in [-0.3, -0.25) is 0 Å². The fraction of sp³-hybridized carbons (Fsp3) is 0.538. The van der Waals surface area contributed by atoms with Gasteiger partial charge in [-0.2, -0.15) is 0 Å². The molecule has 0 aromatic heterocycles. The van der Waals surface area contributed by atoms with E-state index >= 15 is 0 Å². The van der Waals surface area contributed by atoms with Crippen LogP contribution >= 0.6 is 0 Å². The molecule has 2 rings (SSSR count). The first-order chi connectivity index (χ1) is 7.65. The van der Waals surface area contributed by atoms with Crippen LogP contribution in [0.3, 0.4) is 0 Å². The lowest BCUT2D eigenvalue weighted by atomic mass is 9.88. The summed E-state index contributed by atoms with van der Waals surface area (Å²) in [5, 5.41) is 0. The first kappa shape index (κ1) is 11.3. The van der Waals surface area contributed by atoms with Crippen molar-refractivity contribution in [3.63, 3.8) is 0 Å². The second-order valence-corrected chi connectivity index (χ2v) is 4.48. The van der Waals surface area contributed by atoms with E-state index in [4.69, 9.17) is 15.2 Å². The second kappa shape index (κ2) is 3.98. The predicted molar refractivity (Wildman–Crippen MR) is 64.1 cm³/mol. The van der Waals surface area contributed by atoms with E-state index in [0.717, 1.165) is 29.9 Å². The molecule has 1 atom stereocenters. The van der Waals surface area contributed by atoms with Gasteiger partial charge in [0.2, 0.25) is 0 Å². The number of ether oxygens (including phenoxy) is 2. The van der Waals surface area contributed by atoms with Crippen LogP contribution in [0.5, 0.6) is 11.5 Å². The van der Waals surface area contributed by atoms with E-state index in [2.05, 4.69) is 6.92 Å². The molecule has 3 heteroatoms. The van der Waals surface area contributed by atoms with Crippen molar-refractivity contribution in [1.29, 1.82) is 0 Å². The van der Waals surface area contributed by atoms with Crippen molar-refractivity contribution in [2.75, 3.05) is 14.2 Å². The lowest BCUT2D eigenvalue weighted by molar-refractivity contribution is 0.369. The molecule has 1 aromatic rings. The number of rotatable bonds is 4. The minimum Gasteiger partial charge on any atom is -0.496 e. The molecule has 1 unspecified atom stereocenters. The molecule has 0 radical (unpaired) electrons. The average Bonchev–Trinajstić information content (AvgIpc) is 3.09. The molecule has 0 spiro atoms. The summed E-state index contributed by atoms with van der Waals surface area (Å²) in [6.07, 6.45) is 2.22. The van der Waals surface area contributed by atoms with Crippen LogP contribution in [-0.4, -0.2) is 20.3 Å². The minimum absolute atomic E-state index is 0.0535. The average molecular weight is 221 g/mol. The van der Waals surface area contributed by atoms with E-state index in [0.29, 0.717) is 0 Å². The molecule has 0 aliphatic heterocycles. The molecule has 0 bridgehead atoms. The van der Waals surface area contributed by atoms with Gasteiger partial charge in [0, 0.05) is 17.0 Å². The summed E-state index contributed by atoms with van der Waals surface area (Å²) in [7, 11) is 3.38. The third-order valence-corrected chi connectivity index (χ3v) is 3.59. The molecular formula is C13H19NO2. The summed E-state index contributed by atoms with van der Waals surface area (Å²) in [6.45, 7) is 2.05. The van der Waals surface area contributed by atoms with E-state index < -0.39 is 0 Å². The molecule has 3 nitrogen and oxygen atoms in total. The van der Waals surface area contributed by atoms with Crippen LogP contribution in [-0.2, 0) is 5.41 Å². The van der Waals surface area contributed by atoms with Crippen molar-refractivity contribution >= 4 is 0 Å². The maximum absolute atomic E-state index is 6.10. The summed E-state index contributed by atoms with van der Waals surface area (Å²) in [5.74, 6) is 1.77. The van der Waals surface area contributed by atoms with E-state index in [9.17, 15) is 0 Å². The van der Waals surface area contributed by atoms with Crippen LogP contribution in [0.15, 0.2) is 18.2 Å². The van der Waals surface area contributed by atoms with Gasteiger partial charge in [0.1, 0.15) is 11.5 Å². The van der Waals surface area contributed by atoms with Crippen molar-refractivity contribution in [3.8, 4) is 11.5 Å². The fourth-order valence-electron chi connectivity index (χ4n) is 2.41. The SMILES string of the molecule is COc1cccc(OC)c1C1(C(C)N)CC1. The Hall–Kier alpha value is -1.22. The van der Waals surface area contributed by atoms with Crippen LogP contribution in [0.1, 0.15) is 25.3 Å². The molecule has 1 aliphatic carbocycles. The summed E-state index contributed by atoms with van der Waals surface area (Å²) in [5.41, 5.74) is 7.29. The molecule has 0 heterocycles. The zero-order valence-corrected chi connectivity index (χ0v) is 10.1. The molecule has 1 saturated carbocycles. The quantitative estimate of drug-likeness (QED) is 0.846. The standard InChI is InChI=1S/C13H19NO2/c1-9(14)13(7-8-13)12-10(15-2)5-4-6-11(12)16-3/h4-6,9H,7-8,14H2,1-3H3. The van der Waals surface area contributed by atoms with E-state index in [-0.39, 0.29) is 11.5 Å². The van der Waals surface area contributed by atoms with Gasteiger partial charge in [-0.05, 0) is 31.9 Å². The molecule has 1 aliphatic rings. The largest absolute Gasteiger partial charge is 0.496 e. The third-order valence-electron chi connectivity index (χ3n) is 3.59. The highest BCUT2D eigenvalue weighted by molar-refractivity contribution is 5.53. The second-order valence-electron chi connectivity index (χ2n) is 4.48. The maximum atomic E-state index is 6.10. The Morgan fingerprint density at radius 2 is 1.69 bits per heavy atom. The first-order valence-corrected chi connectivity index (χ1v) is 5.63. The third kappa shape index (κ3) is 1.55. The highest BCUT2D eigenvalue weighted by Crippen LogP contribution is 2.56. The zero-order valence-electron chi connectivity index (χ0n) is 10.1. The van der Waals surface area contributed by atoms with Crippen LogP contribution in [0, 0.1) is 0 Å². The van der Waals surface area contributed by atoms with Crippen molar-refractivity contribution in [2.45, 2.75) is 31.2 Å². The van der Waals surface area contributed by atoms with Gasteiger partial charge < -0.3 is 15.2 Å². The highest BCUT2D eigenvalue weighted by Gasteiger charge is 2.50. The van der Waals surface area contributed by atoms with Gasteiger partial charge >= 0.3 is 0 Å². The monoisotopic (exact) mass is 221 g/mol. The van der Waals surface area contributed by atoms with Crippen LogP contribution in [0.25, 0.3) is 0 Å². The molecule has 1 aromatic carbocycles. The van der Waals surface area contributed by atoms with E-state index in [1.807, 2.05) is 18.2 Å². The number of hydrogen-bond donors (Lipinski definition) is 1. The summed E-state index contributed by atoms with van der Waals surface area (Å²) >= 11 is 0. The molecule has 88 valence electrons. The van der Waals surface area contributed by atoms with E-state index in [1.165, 1.54) is 0 Å². The zero-order chi connectivity index (χ0) is 11.8. The lowest BCUT2D eigenvalue weighted by Gasteiger charge is -2.24. The van der Waals surface area contributed by atoms with Gasteiger partial charge in [-0.25, -0.2) is 0 Å². The minimum atomic E-state index is 0.0535. The van der Waals surface area contributed by atoms with Gasteiger partial charge in [-0.1, -0.05) is 6.07 Å². The Bertz CT molecular complexity index is 361. The maximum Gasteiger partial charge on any atom is 0.126 e. The van der Waals surface area contributed by atoms with Crippen LogP contribution in [0.4, 0.5) is 0 Å². The van der Waals surface area contributed by atoms with Gasteiger partial charge in [0.25, 0.3) is 0 Å². The summed E-state index contributed by atoms with van der Waals surface area (Å²) in [4.78, 5) is 0. The Morgan fingerprint density at radius 1 is 1.19 bits per heavy atom. The highest BCUT2D eigenvalue weighted by atomic mass is 16.5. The Labute approximate surface area is 96.5 Å². The Kier molecular flexibility index (Phi) is 2.80. The van der Waals surface area contributed by atoms with Crippen molar-refractivity contribution < 1.29 is 9.47 Å². The van der Waals surface area contributed by atoms with Gasteiger partial charge in [0.15, 0.2) is 0 Å². The smallest absolute Gasteiger partial charge is 0.126 e. The molecule has 0 amide bonds. The van der Waals surface area contributed by atoms with E-state index in [1.54, 1.807) is 14.2 Å². The molecule has 0 saturated heterocycles. The topological polar surface area (TPSA) is 44.5 Å². The fourth-order valence-corrected chi connectivity index (χ4v) is 2.41. The molecule has 1 fully saturated rings. The van der Waals surface area contributed by atoms with Crippen molar-refractivity contribution in [2.24, 2.45) is 5.73 Å². The normalized spacial score (nSPS) is 19.0. The number of benzene rings is 1. The number of hydrogen-bond acceptors (Lipinski definition) is 3. The van der Waals surface area contributed by atoms with Crippen molar-refractivity contribution in [3.05, 3.63) is 23.8 Å². The predicted octanol–water partition coefficient (Wildman–Crippen LogP) is 2.08. The number of nitrogens with two attached hydrogens (primary N) is 1. The Balaban J connectivity index is 2.53. The summed E-state index contributed by atoms with van der Waals surface area (Å²) < 4.78 is 10.9. The number of methoxy groups -OCH3 is 2. The molecule has 2 N–H and O–H groups in total. The molecular weight excluding hydrogens is 202 g/mol. The van der Waals surface area contributed by atoms with Gasteiger partial charge in [0.05, 0.1) is 14.2 Å². The van der Waals surface area contributed by atoms with Crippen LogP contribution in [0.2, 0.25) is 0 Å². The van der Waals surface area contributed by atoms with Crippen LogP contribution < -0.4 is 15.2 Å². The first-order valence-electron chi connectivity index (χ1n) is 5.63. The van der Waals surface area contributed by atoms with Crippen molar-refractivity contribution in [1.82, 2.24) is 0 Å².